The molecule has 0 aromatic carbocycles. The number of aryl methyl sites for hydroxylation is 1. The third-order valence-corrected chi connectivity index (χ3v) is 4.52. The van der Waals surface area contributed by atoms with Crippen LogP contribution in [0, 0.1) is 6.92 Å². The predicted molar refractivity (Wildman–Crippen MR) is 87.9 cm³/mol. The van der Waals surface area contributed by atoms with Gasteiger partial charge in [0.15, 0.2) is 0 Å². The second-order valence-electron chi connectivity index (χ2n) is 5.72. The molecule has 3 rings (SSSR count). The van der Waals surface area contributed by atoms with E-state index in [1.807, 2.05) is 19.1 Å². The van der Waals surface area contributed by atoms with Gasteiger partial charge in [0.1, 0.15) is 10.8 Å². The lowest BCUT2D eigenvalue weighted by Gasteiger charge is -2.32. The van der Waals surface area contributed by atoms with E-state index in [1.54, 1.807) is 0 Å². The molecule has 0 radical (unpaired) electrons. The monoisotopic (exact) mass is 306 g/mol. The van der Waals surface area contributed by atoms with E-state index in [0.29, 0.717) is 11.0 Å². The molecular formula is C15H22N4OS. The second kappa shape index (κ2) is 6.25. The lowest BCUT2D eigenvalue weighted by molar-refractivity contribution is 0.0209. The molecule has 0 spiro atoms. The van der Waals surface area contributed by atoms with E-state index in [9.17, 15) is 0 Å². The van der Waals surface area contributed by atoms with Gasteiger partial charge in [0.2, 0.25) is 0 Å². The average Bonchev–Trinajstić information content (AvgIpc) is 2.97. The summed E-state index contributed by atoms with van der Waals surface area (Å²) in [6.07, 6.45) is 1.16. The Hall–Kier alpha value is -1.24. The van der Waals surface area contributed by atoms with Crippen LogP contribution in [0.1, 0.15) is 17.7 Å². The van der Waals surface area contributed by atoms with E-state index in [1.165, 1.54) is 0 Å². The van der Waals surface area contributed by atoms with Crippen molar-refractivity contribution in [3.8, 4) is 0 Å². The summed E-state index contributed by atoms with van der Waals surface area (Å²) in [7, 11) is 0. The Morgan fingerprint density at radius 3 is 2.81 bits per heavy atom. The van der Waals surface area contributed by atoms with E-state index in [0.717, 1.165) is 62.9 Å². The van der Waals surface area contributed by atoms with Gasteiger partial charge in [0.25, 0.3) is 0 Å². The molecule has 21 heavy (non-hydrogen) atoms. The minimum Gasteiger partial charge on any atom is -0.389 e. The molecule has 0 saturated carbocycles. The Balaban J connectivity index is 1.76. The Bertz CT molecular complexity index is 530. The normalized spacial score (nSPS) is 23.5. The Morgan fingerprint density at radius 1 is 1.33 bits per heavy atom. The first-order valence-corrected chi connectivity index (χ1v) is 7.90. The molecule has 2 aliphatic heterocycles. The maximum absolute atomic E-state index is 5.85. The number of anilines is 1. The largest absolute Gasteiger partial charge is 0.389 e. The molecule has 6 heteroatoms. The van der Waals surface area contributed by atoms with E-state index < -0.39 is 0 Å². The first-order chi connectivity index (χ1) is 10.1. The maximum Gasteiger partial charge on any atom is 0.139 e. The van der Waals surface area contributed by atoms with Crippen molar-refractivity contribution in [2.24, 2.45) is 5.73 Å². The van der Waals surface area contributed by atoms with Gasteiger partial charge in [-0.05, 0) is 25.5 Å². The van der Waals surface area contributed by atoms with Gasteiger partial charge in [-0.1, -0.05) is 12.2 Å². The van der Waals surface area contributed by atoms with Crippen molar-refractivity contribution < 1.29 is 4.74 Å². The highest BCUT2D eigenvalue weighted by Gasteiger charge is 2.30. The van der Waals surface area contributed by atoms with Crippen molar-refractivity contribution in [3.63, 3.8) is 0 Å². The molecule has 5 nitrogen and oxygen atoms in total. The first-order valence-electron chi connectivity index (χ1n) is 7.49. The van der Waals surface area contributed by atoms with E-state index in [-0.39, 0.29) is 0 Å². The number of ether oxygens (including phenoxy) is 1. The summed E-state index contributed by atoms with van der Waals surface area (Å²) in [5.41, 5.74) is 7.73. The van der Waals surface area contributed by atoms with E-state index in [2.05, 4.69) is 14.8 Å². The number of hydrogen-bond acceptors (Lipinski definition) is 5. The molecule has 1 aromatic heterocycles. The van der Waals surface area contributed by atoms with Crippen molar-refractivity contribution in [3.05, 3.63) is 23.4 Å². The number of pyridine rings is 1. The fourth-order valence-electron chi connectivity index (χ4n) is 3.15. The van der Waals surface area contributed by atoms with Crippen molar-refractivity contribution in [1.29, 1.82) is 0 Å². The Kier molecular flexibility index (Phi) is 4.37. The fraction of sp³-hybridized carbons (Fsp3) is 0.600. The summed E-state index contributed by atoms with van der Waals surface area (Å²) in [5.74, 6) is 0.943. The van der Waals surface area contributed by atoms with Gasteiger partial charge in [0.05, 0.1) is 18.8 Å². The molecule has 0 bridgehead atoms. The molecule has 1 unspecified atom stereocenters. The minimum absolute atomic E-state index is 0.423. The van der Waals surface area contributed by atoms with Gasteiger partial charge >= 0.3 is 0 Å². The van der Waals surface area contributed by atoms with Gasteiger partial charge in [0, 0.05) is 37.9 Å². The summed E-state index contributed by atoms with van der Waals surface area (Å²) >= 11 is 5.17. The summed E-state index contributed by atoms with van der Waals surface area (Å²) < 4.78 is 5.44. The molecule has 1 aromatic rings. The van der Waals surface area contributed by atoms with Crippen LogP contribution < -0.4 is 10.6 Å². The van der Waals surface area contributed by atoms with E-state index in [4.69, 9.17) is 22.7 Å². The molecule has 3 heterocycles. The fourth-order valence-corrected chi connectivity index (χ4v) is 3.31. The third kappa shape index (κ3) is 3.17. The first kappa shape index (κ1) is 14.7. The van der Waals surface area contributed by atoms with Crippen LogP contribution in [0.5, 0.6) is 0 Å². The highest BCUT2D eigenvalue weighted by molar-refractivity contribution is 7.80. The highest BCUT2D eigenvalue weighted by atomic mass is 32.1. The number of rotatable bonds is 3. The number of morpholine rings is 1. The second-order valence-corrected chi connectivity index (χ2v) is 6.16. The van der Waals surface area contributed by atoms with Crippen molar-refractivity contribution in [2.45, 2.75) is 19.4 Å². The topological polar surface area (TPSA) is 54.6 Å². The van der Waals surface area contributed by atoms with Gasteiger partial charge in [-0.3, -0.25) is 4.90 Å². The maximum atomic E-state index is 5.85. The van der Waals surface area contributed by atoms with Crippen LogP contribution in [0.3, 0.4) is 0 Å². The Morgan fingerprint density at radius 2 is 2.10 bits per heavy atom. The molecule has 0 amide bonds. The molecular weight excluding hydrogens is 284 g/mol. The van der Waals surface area contributed by atoms with Gasteiger partial charge in [-0.2, -0.15) is 0 Å². The van der Waals surface area contributed by atoms with Crippen molar-refractivity contribution in [2.75, 3.05) is 44.3 Å². The predicted octanol–water partition coefficient (Wildman–Crippen LogP) is 0.935. The van der Waals surface area contributed by atoms with Crippen LogP contribution in [0.4, 0.5) is 5.82 Å². The minimum atomic E-state index is 0.423. The van der Waals surface area contributed by atoms with Crippen LogP contribution >= 0.6 is 12.2 Å². The SMILES string of the molecule is Cc1ccc(C(N)=S)c(N2CCC(N3CCOCC3)C2)n1. The molecule has 2 N–H and O–H groups in total. The smallest absolute Gasteiger partial charge is 0.139 e. The van der Waals surface area contributed by atoms with Gasteiger partial charge in [-0.15, -0.1) is 0 Å². The summed E-state index contributed by atoms with van der Waals surface area (Å²) in [4.78, 5) is 9.94. The molecule has 2 fully saturated rings. The molecule has 2 saturated heterocycles. The van der Waals surface area contributed by atoms with E-state index >= 15 is 0 Å². The highest BCUT2D eigenvalue weighted by Crippen LogP contribution is 2.25. The summed E-state index contributed by atoms with van der Waals surface area (Å²) in [6, 6.07) is 4.53. The molecule has 1 atom stereocenters. The molecule has 2 aliphatic rings. The lowest BCUT2D eigenvalue weighted by atomic mass is 10.2. The number of nitrogens with two attached hydrogens (primary N) is 1. The zero-order chi connectivity index (χ0) is 14.8. The molecule has 0 aliphatic carbocycles. The van der Waals surface area contributed by atoms with Crippen molar-refractivity contribution >= 4 is 23.0 Å². The van der Waals surface area contributed by atoms with Crippen LogP contribution in [0.15, 0.2) is 12.1 Å². The van der Waals surface area contributed by atoms with Crippen LogP contribution in [-0.4, -0.2) is 60.3 Å². The van der Waals surface area contributed by atoms with Crippen LogP contribution in [-0.2, 0) is 4.74 Å². The van der Waals surface area contributed by atoms with Crippen LogP contribution in [0.25, 0.3) is 0 Å². The molecule has 114 valence electrons. The van der Waals surface area contributed by atoms with Crippen LogP contribution in [0.2, 0.25) is 0 Å². The number of aromatic nitrogens is 1. The van der Waals surface area contributed by atoms with Gasteiger partial charge < -0.3 is 15.4 Å². The summed E-state index contributed by atoms with van der Waals surface area (Å²) in [5, 5.41) is 0. The standard InChI is InChI=1S/C15H22N4OS/c1-11-2-3-13(14(16)21)15(17-11)19-5-4-12(10-19)18-6-8-20-9-7-18/h2-3,12H,4-10H2,1H3,(H2,16,21). The zero-order valence-electron chi connectivity index (χ0n) is 12.4. The number of hydrogen-bond donors (Lipinski definition) is 1. The lowest BCUT2D eigenvalue weighted by Crippen LogP contribution is -2.44. The quantitative estimate of drug-likeness (QED) is 0.839. The Labute approximate surface area is 131 Å². The number of nitrogens with zero attached hydrogens (tertiary/aromatic N) is 3. The van der Waals surface area contributed by atoms with Crippen molar-refractivity contribution in [1.82, 2.24) is 9.88 Å². The van der Waals surface area contributed by atoms with Gasteiger partial charge in [-0.25, -0.2) is 4.98 Å². The number of thiocarbonyl (C=S) groups is 1. The summed E-state index contributed by atoms with van der Waals surface area (Å²) in [6.45, 7) is 7.75. The third-order valence-electron chi connectivity index (χ3n) is 4.30. The average molecular weight is 306 g/mol. The zero-order valence-corrected chi connectivity index (χ0v) is 13.2.